The van der Waals surface area contributed by atoms with Crippen LogP contribution in [0.4, 0.5) is 5.69 Å². The normalized spacial score (nSPS) is 31.5. The first-order valence-corrected chi connectivity index (χ1v) is 6.84. The fourth-order valence-corrected chi connectivity index (χ4v) is 2.25. The fourth-order valence-electron chi connectivity index (χ4n) is 2.25. The Labute approximate surface area is 127 Å². The number of anilines is 1. The Morgan fingerprint density at radius 1 is 1.32 bits per heavy atom. The number of nitrogens with one attached hydrogen (secondary N) is 1. The zero-order valence-corrected chi connectivity index (χ0v) is 12.0. The Hall–Kier alpha value is -1.87. The Balaban J connectivity index is 2.18. The van der Waals surface area contributed by atoms with Gasteiger partial charge in [0.25, 0.3) is 0 Å². The molecule has 0 spiro atoms. The Kier molecular flexibility index (Phi) is 5.19. The molecule has 6 N–H and O–H groups in total. The summed E-state index contributed by atoms with van der Waals surface area (Å²) < 4.78 is 11.0. The number of carbonyl (C=O) groups excluding carboxylic acids is 1. The van der Waals surface area contributed by atoms with Gasteiger partial charge >= 0.3 is 0 Å². The van der Waals surface area contributed by atoms with Gasteiger partial charge in [-0.05, 0) is 24.3 Å². The van der Waals surface area contributed by atoms with Crippen LogP contribution >= 0.6 is 0 Å². The first kappa shape index (κ1) is 16.5. The molecule has 8 nitrogen and oxygen atoms in total. The van der Waals surface area contributed by atoms with Crippen LogP contribution in [0.3, 0.4) is 0 Å². The Morgan fingerprint density at radius 2 is 1.95 bits per heavy atom. The predicted octanol–water partition coefficient (Wildman–Crippen LogP) is -1.41. The van der Waals surface area contributed by atoms with E-state index in [0.717, 1.165) is 0 Å². The van der Waals surface area contributed by atoms with Gasteiger partial charge < -0.3 is 35.8 Å². The lowest BCUT2D eigenvalue weighted by Crippen LogP contribution is -2.65. The summed E-state index contributed by atoms with van der Waals surface area (Å²) in [5.41, 5.74) is 6.14. The number of ether oxygens (including phenoxy) is 2. The van der Waals surface area contributed by atoms with Gasteiger partial charge in [-0.15, -0.1) is 0 Å². The number of amides is 1. The predicted molar refractivity (Wildman–Crippen MR) is 76.8 cm³/mol. The average molecular weight is 312 g/mol. The summed E-state index contributed by atoms with van der Waals surface area (Å²) in [7, 11) is 0. The third-order valence-corrected chi connectivity index (χ3v) is 3.38. The summed E-state index contributed by atoms with van der Waals surface area (Å²) >= 11 is 0. The van der Waals surface area contributed by atoms with Crippen molar-refractivity contribution < 1.29 is 29.6 Å². The minimum atomic E-state index is -1.34. The van der Waals surface area contributed by atoms with E-state index in [1.165, 1.54) is 6.92 Å². The molecule has 1 aromatic carbocycles. The van der Waals surface area contributed by atoms with Gasteiger partial charge in [-0.25, -0.2) is 0 Å². The van der Waals surface area contributed by atoms with E-state index in [1.807, 2.05) is 0 Å². The van der Waals surface area contributed by atoms with E-state index in [9.17, 15) is 20.1 Å². The van der Waals surface area contributed by atoms with Gasteiger partial charge in [-0.1, -0.05) is 0 Å². The number of benzene rings is 1. The van der Waals surface area contributed by atoms with Crippen LogP contribution < -0.4 is 15.8 Å². The van der Waals surface area contributed by atoms with Crippen LogP contribution in [0.5, 0.6) is 5.75 Å². The highest BCUT2D eigenvalue weighted by Crippen LogP contribution is 2.24. The highest BCUT2D eigenvalue weighted by molar-refractivity contribution is 5.73. The van der Waals surface area contributed by atoms with Crippen LogP contribution in [-0.2, 0) is 9.53 Å². The van der Waals surface area contributed by atoms with Gasteiger partial charge in [0.1, 0.15) is 30.1 Å². The second-order valence-corrected chi connectivity index (χ2v) is 5.12. The third kappa shape index (κ3) is 3.66. The molecule has 0 bridgehead atoms. The Bertz CT molecular complexity index is 509. The zero-order valence-electron chi connectivity index (χ0n) is 12.0. The van der Waals surface area contributed by atoms with E-state index in [-0.39, 0.29) is 0 Å². The van der Waals surface area contributed by atoms with Gasteiger partial charge in [0.05, 0.1) is 6.61 Å². The largest absolute Gasteiger partial charge is 0.463 e. The first-order valence-electron chi connectivity index (χ1n) is 6.84. The topological polar surface area (TPSA) is 134 Å². The molecule has 0 unspecified atom stereocenters. The van der Waals surface area contributed by atoms with Crippen molar-refractivity contribution in [2.24, 2.45) is 0 Å². The number of hydrogen-bond donors (Lipinski definition) is 5. The van der Waals surface area contributed by atoms with Gasteiger partial charge in [0.2, 0.25) is 12.2 Å². The van der Waals surface area contributed by atoms with Crippen molar-refractivity contribution in [2.75, 3.05) is 12.3 Å². The van der Waals surface area contributed by atoms with Gasteiger partial charge in [-0.3, -0.25) is 4.79 Å². The van der Waals surface area contributed by atoms with Crippen LogP contribution in [0.25, 0.3) is 0 Å². The maximum Gasteiger partial charge on any atom is 0.223 e. The molecule has 0 aromatic heterocycles. The summed E-state index contributed by atoms with van der Waals surface area (Å²) in [5.74, 6) is 0.00281. The second-order valence-electron chi connectivity index (χ2n) is 5.12. The molecule has 1 saturated heterocycles. The maximum absolute atomic E-state index is 11.3. The molecule has 1 heterocycles. The molecule has 122 valence electrons. The van der Waals surface area contributed by atoms with E-state index in [1.54, 1.807) is 24.3 Å². The molecule has 1 amide bonds. The van der Waals surface area contributed by atoms with Crippen molar-refractivity contribution in [3.8, 4) is 5.75 Å². The number of nitrogen functional groups attached to an aromatic ring is 1. The second kappa shape index (κ2) is 6.93. The van der Waals surface area contributed by atoms with Crippen molar-refractivity contribution >= 4 is 11.6 Å². The standard InChI is InChI=1S/C14H20N2O6/c1-7(18)16-11-13(20)12(19)10(6-17)22-14(11)21-9-4-2-8(15)3-5-9/h2-5,10-14,17,19-20H,6,15H2,1H3,(H,16,18)/t10-,11+,12-,13+,14-/m1/s1. The number of nitrogens with two attached hydrogens (primary N) is 1. The van der Waals surface area contributed by atoms with Crippen molar-refractivity contribution in [1.82, 2.24) is 5.32 Å². The summed E-state index contributed by atoms with van der Waals surface area (Å²) in [6.07, 6.45) is -4.76. The first-order chi connectivity index (χ1) is 10.4. The molecule has 22 heavy (non-hydrogen) atoms. The van der Waals surface area contributed by atoms with Crippen LogP contribution in [0.1, 0.15) is 6.92 Å². The molecule has 1 aliphatic rings. The van der Waals surface area contributed by atoms with Crippen molar-refractivity contribution in [3.63, 3.8) is 0 Å². The number of hydrogen-bond acceptors (Lipinski definition) is 7. The fraction of sp³-hybridized carbons (Fsp3) is 0.500. The van der Waals surface area contributed by atoms with Crippen molar-refractivity contribution in [3.05, 3.63) is 24.3 Å². The number of carbonyl (C=O) groups is 1. The summed E-state index contributed by atoms with van der Waals surface area (Å²) in [4.78, 5) is 11.3. The summed E-state index contributed by atoms with van der Waals surface area (Å²) in [6, 6.07) is 5.48. The van der Waals surface area contributed by atoms with Gasteiger partial charge in [-0.2, -0.15) is 0 Å². The number of rotatable bonds is 4. The molecule has 0 radical (unpaired) electrons. The molecular weight excluding hydrogens is 292 g/mol. The third-order valence-electron chi connectivity index (χ3n) is 3.38. The summed E-state index contributed by atoms with van der Waals surface area (Å²) in [5, 5.41) is 31.7. The van der Waals surface area contributed by atoms with E-state index >= 15 is 0 Å². The lowest BCUT2D eigenvalue weighted by Gasteiger charge is -2.42. The number of aliphatic hydroxyl groups excluding tert-OH is 3. The quantitative estimate of drug-likeness (QED) is 0.431. The number of aliphatic hydroxyl groups is 3. The van der Waals surface area contributed by atoms with Crippen molar-refractivity contribution in [1.29, 1.82) is 0 Å². The summed E-state index contributed by atoms with van der Waals surface area (Å²) in [6.45, 7) is 0.782. The van der Waals surface area contributed by atoms with E-state index < -0.39 is 43.2 Å². The average Bonchev–Trinajstić information content (AvgIpc) is 2.48. The van der Waals surface area contributed by atoms with Crippen LogP contribution in [-0.4, -0.2) is 58.5 Å². The molecule has 8 heteroatoms. The molecule has 1 fully saturated rings. The minimum absolute atomic E-state index is 0.409. The van der Waals surface area contributed by atoms with Gasteiger partial charge in [0, 0.05) is 12.6 Å². The lowest BCUT2D eigenvalue weighted by atomic mass is 9.97. The van der Waals surface area contributed by atoms with E-state index in [4.69, 9.17) is 15.2 Å². The molecule has 5 atom stereocenters. The zero-order chi connectivity index (χ0) is 16.3. The smallest absolute Gasteiger partial charge is 0.223 e. The van der Waals surface area contributed by atoms with Crippen LogP contribution in [0.15, 0.2) is 24.3 Å². The van der Waals surface area contributed by atoms with Crippen LogP contribution in [0.2, 0.25) is 0 Å². The highest BCUT2D eigenvalue weighted by atomic mass is 16.7. The van der Waals surface area contributed by atoms with Gasteiger partial charge in [0.15, 0.2) is 0 Å². The maximum atomic E-state index is 11.3. The molecular formula is C14H20N2O6. The highest BCUT2D eigenvalue weighted by Gasteiger charge is 2.46. The molecule has 1 aromatic rings. The van der Waals surface area contributed by atoms with E-state index in [2.05, 4.69) is 5.32 Å². The SMILES string of the molecule is CC(=O)N[C@@H]1[C@H](Oc2ccc(N)cc2)O[C@H](CO)[C@@H](O)[C@H]1O. The molecule has 1 aliphatic heterocycles. The van der Waals surface area contributed by atoms with E-state index in [0.29, 0.717) is 11.4 Å². The molecule has 0 aliphatic carbocycles. The Morgan fingerprint density at radius 3 is 2.50 bits per heavy atom. The van der Waals surface area contributed by atoms with Crippen molar-refractivity contribution in [2.45, 2.75) is 37.6 Å². The molecule has 2 rings (SSSR count). The minimum Gasteiger partial charge on any atom is -0.463 e. The van der Waals surface area contributed by atoms with Crippen LogP contribution in [0, 0.1) is 0 Å². The molecule has 0 saturated carbocycles. The lowest BCUT2D eigenvalue weighted by molar-refractivity contribution is -0.244. The monoisotopic (exact) mass is 312 g/mol.